The molecule has 0 radical (unpaired) electrons. The van der Waals surface area contributed by atoms with Crippen LogP contribution in [0.3, 0.4) is 0 Å². The third kappa shape index (κ3) is 2.93. The molecule has 3 heteroatoms. The molecule has 0 unspecified atom stereocenters. The summed E-state index contributed by atoms with van der Waals surface area (Å²) in [6, 6.07) is 1.06. The van der Waals surface area contributed by atoms with Crippen LogP contribution in [0.25, 0.3) is 0 Å². The SMILES string of the molecule is CN(C1CCCCC1)C1CCC(F)(F)CC1. The van der Waals surface area contributed by atoms with Crippen LogP contribution in [0, 0.1) is 0 Å². The molecule has 0 saturated heterocycles. The first-order chi connectivity index (χ1) is 7.58. The molecule has 0 amide bonds. The highest BCUT2D eigenvalue weighted by atomic mass is 19.3. The third-order valence-corrected chi connectivity index (χ3v) is 4.41. The molecule has 2 aliphatic carbocycles. The van der Waals surface area contributed by atoms with Crippen molar-refractivity contribution in [3.05, 3.63) is 0 Å². The van der Waals surface area contributed by atoms with Gasteiger partial charge >= 0.3 is 0 Å². The van der Waals surface area contributed by atoms with Gasteiger partial charge in [0.05, 0.1) is 0 Å². The van der Waals surface area contributed by atoms with Crippen molar-refractivity contribution in [1.29, 1.82) is 0 Å². The summed E-state index contributed by atoms with van der Waals surface area (Å²) in [5.74, 6) is -2.39. The molecular weight excluding hydrogens is 208 g/mol. The Morgan fingerprint density at radius 1 is 0.875 bits per heavy atom. The molecule has 0 aromatic heterocycles. The van der Waals surface area contributed by atoms with Crippen LogP contribution >= 0.6 is 0 Å². The first kappa shape index (κ1) is 12.3. The molecular formula is C13H23F2N. The predicted molar refractivity (Wildman–Crippen MR) is 61.8 cm³/mol. The lowest BCUT2D eigenvalue weighted by Crippen LogP contribution is -2.44. The summed E-state index contributed by atoms with van der Waals surface area (Å²) < 4.78 is 26.1. The van der Waals surface area contributed by atoms with Crippen molar-refractivity contribution >= 4 is 0 Å². The van der Waals surface area contributed by atoms with Gasteiger partial charge in [0.15, 0.2) is 0 Å². The summed E-state index contributed by atoms with van der Waals surface area (Å²) in [6.45, 7) is 0. The Hall–Kier alpha value is -0.180. The molecule has 16 heavy (non-hydrogen) atoms. The van der Waals surface area contributed by atoms with E-state index in [-0.39, 0.29) is 12.8 Å². The van der Waals surface area contributed by atoms with Crippen molar-refractivity contribution in [2.45, 2.75) is 75.8 Å². The molecule has 0 spiro atoms. The second-order valence-corrected chi connectivity index (χ2v) is 5.54. The molecule has 0 aliphatic heterocycles. The van der Waals surface area contributed by atoms with Gasteiger partial charge in [-0.15, -0.1) is 0 Å². The van der Waals surface area contributed by atoms with E-state index in [2.05, 4.69) is 11.9 Å². The zero-order chi connectivity index (χ0) is 11.6. The van der Waals surface area contributed by atoms with Gasteiger partial charge in [0.2, 0.25) is 5.92 Å². The summed E-state index contributed by atoms with van der Waals surface area (Å²) >= 11 is 0. The van der Waals surface area contributed by atoms with Crippen LogP contribution in [0.1, 0.15) is 57.8 Å². The van der Waals surface area contributed by atoms with Gasteiger partial charge < -0.3 is 4.90 Å². The Bertz CT molecular complexity index is 214. The van der Waals surface area contributed by atoms with E-state index in [9.17, 15) is 8.78 Å². The molecule has 2 saturated carbocycles. The first-order valence-corrected chi connectivity index (χ1v) is 6.68. The minimum Gasteiger partial charge on any atom is -0.300 e. The van der Waals surface area contributed by atoms with Gasteiger partial charge in [-0.25, -0.2) is 8.78 Å². The van der Waals surface area contributed by atoms with Gasteiger partial charge in [-0.3, -0.25) is 0 Å². The maximum atomic E-state index is 13.1. The van der Waals surface area contributed by atoms with E-state index in [0.717, 1.165) is 0 Å². The molecule has 2 aliphatic rings. The second-order valence-electron chi connectivity index (χ2n) is 5.54. The van der Waals surface area contributed by atoms with Crippen molar-refractivity contribution in [1.82, 2.24) is 4.90 Å². The fourth-order valence-corrected chi connectivity index (χ4v) is 3.22. The van der Waals surface area contributed by atoms with E-state index in [0.29, 0.717) is 24.9 Å². The van der Waals surface area contributed by atoms with Crippen LogP contribution in [0.15, 0.2) is 0 Å². The van der Waals surface area contributed by atoms with Gasteiger partial charge in [-0.1, -0.05) is 19.3 Å². The minimum atomic E-state index is -2.39. The quantitative estimate of drug-likeness (QED) is 0.698. The standard InChI is InChI=1S/C13H23F2N/c1-16(11-5-3-2-4-6-11)12-7-9-13(14,15)10-8-12/h11-12H,2-10H2,1H3. The predicted octanol–water partition coefficient (Wildman–Crippen LogP) is 3.83. The van der Waals surface area contributed by atoms with E-state index in [1.807, 2.05) is 0 Å². The molecule has 94 valence electrons. The van der Waals surface area contributed by atoms with Crippen LogP contribution in [0.4, 0.5) is 8.78 Å². The van der Waals surface area contributed by atoms with E-state index >= 15 is 0 Å². The monoisotopic (exact) mass is 231 g/mol. The summed E-state index contributed by atoms with van der Waals surface area (Å²) in [7, 11) is 2.14. The van der Waals surface area contributed by atoms with Crippen molar-refractivity contribution in [3.8, 4) is 0 Å². The van der Waals surface area contributed by atoms with Crippen molar-refractivity contribution in [2.24, 2.45) is 0 Å². The Kier molecular flexibility index (Phi) is 3.83. The summed E-state index contributed by atoms with van der Waals surface area (Å²) in [5, 5.41) is 0. The van der Waals surface area contributed by atoms with E-state index in [1.165, 1.54) is 32.1 Å². The Balaban J connectivity index is 1.83. The normalized spacial score (nSPS) is 28.5. The Morgan fingerprint density at radius 3 is 1.94 bits per heavy atom. The molecule has 2 rings (SSSR count). The largest absolute Gasteiger partial charge is 0.300 e. The van der Waals surface area contributed by atoms with E-state index < -0.39 is 5.92 Å². The fraction of sp³-hybridized carbons (Fsp3) is 1.00. The average Bonchev–Trinajstić information content (AvgIpc) is 2.29. The number of rotatable bonds is 2. The lowest BCUT2D eigenvalue weighted by molar-refractivity contribution is -0.0565. The lowest BCUT2D eigenvalue weighted by Gasteiger charge is -2.40. The average molecular weight is 231 g/mol. The maximum Gasteiger partial charge on any atom is 0.248 e. The Labute approximate surface area is 97.2 Å². The second kappa shape index (κ2) is 4.99. The minimum absolute atomic E-state index is 0.0920. The topological polar surface area (TPSA) is 3.24 Å². The maximum absolute atomic E-state index is 13.1. The molecule has 0 bridgehead atoms. The molecule has 0 aromatic carbocycles. The smallest absolute Gasteiger partial charge is 0.248 e. The van der Waals surface area contributed by atoms with Gasteiger partial charge in [-0.05, 0) is 32.7 Å². The van der Waals surface area contributed by atoms with Crippen LogP contribution < -0.4 is 0 Å². The van der Waals surface area contributed by atoms with Gasteiger partial charge in [-0.2, -0.15) is 0 Å². The highest BCUT2D eigenvalue weighted by Crippen LogP contribution is 2.36. The highest BCUT2D eigenvalue weighted by molar-refractivity contribution is 4.85. The van der Waals surface area contributed by atoms with Crippen LogP contribution in [-0.2, 0) is 0 Å². The zero-order valence-electron chi connectivity index (χ0n) is 10.2. The van der Waals surface area contributed by atoms with Crippen LogP contribution in [0.5, 0.6) is 0 Å². The fourth-order valence-electron chi connectivity index (χ4n) is 3.22. The number of nitrogens with zero attached hydrogens (tertiary/aromatic N) is 1. The molecule has 0 heterocycles. The molecule has 0 atom stereocenters. The van der Waals surface area contributed by atoms with Crippen LogP contribution in [-0.4, -0.2) is 30.0 Å². The van der Waals surface area contributed by atoms with Crippen molar-refractivity contribution in [3.63, 3.8) is 0 Å². The highest BCUT2D eigenvalue weighted by Gasteiger charge is 2.37. The molecule has 0 N–H and O–H groups in total. The zero-order valence-corrected chi connectivity index (χ0v) is 10.2. The Morgan fingerprint density at radius 2 is 1.38 bits per heavy atom. The number of halogens is 2. The first-order valence-electron chi connectivity index (χ1n) is 6.68. The third-order valence-electron chi connectivity index (χ3n) is 4.41. The van der Waals surface area contributed by atoms with Crippen molar-refractivity contribution < 1.29 is 8.78 Å². The number of hydrogen-bond donors (Lipinski definition) is 0. The van der Waals surface area contributed by atoms with Crippen LogP contribution in [0.2, 0.25) is 0 Å². The summed E-state index contributed by atoms with van der Waals surface area (Å²) in [5.41, 5.74) is 0. The van der Waals surface area contributed by atoms with E-state index in [1.54, 1.807) is 0 Å². The van der Waals surface area contributed by atoms with Crippen molar-refractivity contribution in [2.75, 3.05) is 7.05 Å². The molecule has 0 aromatic rings. The molecule has 1 nitrogen and oxygen atoms in total. The van der Waals surface area contributed by atoms with E-state index in [4.69, 9.17) is 0 Å². The lowest BCUT2D eigenvalue weighted by atomic mass is 9.88. The number of alkyl halides is 2. The van der Waals surface area contributed by atoms with Gasteiger partial charge in [0, 0.05) is 24.9 Å². The summed E-state index contributed by atoms with van der Waals surface area (Å²) in [6.07, 6.45) is 8.07. The number of hydrogen-bond acceptors (Lipinski definition) is 1. The van der Waals surface area contributed by atoms with Gasteiger partial charge in [0.1, 0.15) is 0 Å². The summed E-state index contributed by atoms with van der Waals surface area (Å²) in [4.78, 5) is 2.40. The molecule has 2 fully saturated rings. The van der Waals surface area contributed by atoms with Gasteiger partial charge in [0.25, 0.3) is 0 Å².